The number of hydrogen-bond donors (Lipinski definition) is 2. The Hall–Kier alpha value is -3.26. The quantitative estimate of drug-likeness (QED) is 0.274. The lowest BCUT2D eigenvalue weighted by Crippen LogP contribution is -2.17. The van der Waals surface area contributed by atoms with Crippen LogP contribution in [0.5, 0.6) is 0 Å². The van der Waals surface area contributed by atoms with Crippen LogP contribution in [0.15, 0.2) is 85.1 Å². The molecule has 1 heterocycles. The van der Waals surface area contributed by atoms with Gasteiger partial charge in [-0.1, -0.05) is 54.6 Å². The molecule has 6 heteroatoms. The molecule has 154 valence electrons. The van der Waals surface area contributed by atoms with E-state index in [4.69, 9.17) is 10.7 Å². The largest absolute Gasteiger partial charge is 0.399 e. The van der Waals surface area contributed by atoms with E-state index in [1.807, 2.05) is 78.9 Å². The van der Waals surface area contributed by atoms with Gasteiger partial charge in [-0.3, -0.25) is 4.79 Å². The molecule has 4 rings (SSSR count). The van der Waals surface area contributed by atoms with Gasteiger partial charge in [0.05, 0.1) is 24.0 Å². The van der Waals surface area contributed by atoms with Crippen molar-refractivity contribution in [2.75, 3.05) is 11.1 Å². The summed E-state index contributed by atoms with van der Waals surface area (Å²) in [6.45, 7) is 0. The number of halogens is 1. The Labute approximate surface area is 194 Å². The van der Waals surface area contributed by atoms with Gasteiger partial charge in [0.1, 0.15) is 0 Å². The maximum Gasteiger partial charge on any atom is 0.229 e. The number of nitrogens with two attached hydrogens (primary N) is 1. The van der Waals surface area contributed by atoms with Crippen LogP contribution in [0.2, 0.25) is 0 Å². The molecule has 4 aromatic rings. The summed E-state index contributed by atoms with van der Waals surface area (Å²) in [4.78, 5) is 22.0. The van der Waals surface area contributed by atoms with Gasteiger partial charge in [0, 0.05) is 21.2 Å². The first kappa shape index (κ1) is 21.0. The van der Waals surface area contributed by atoms with Crippen LogP contribution in [0.25, 0.3) is 11.3 Å². The molecule has 3 aromatic carbocycles. The first-order chi connectivity index (χ1) is 15.1. The van der Waals surface area contributed by atoms with Crippen molar-refractivity contribution in [2.45, 2.75) is 12.8 Å². The third-order valence-corrected chi connectivity index (χ3v) is 5.52. The van der Waals surface area contributed by atoms with Crippen LogP contribution in [0.4, 0.5) is 11.5 Å². The number of nitrogens with zero attached hydrogens (tertiary/aromatic N) is 2. The molecule has 1 aromatic heterocycles. The van der Waals surface area contributed by atoms with Gasteiger partial charge in [-0.2, -0.15) is 0 Å². The summed E-state index contributed by atoms with van der Waals surface area (Å²) in [6.07, 6.45) is 2.53. The molecule has 0 unspecified atom stereocenters. The number of anilines is 2. The number of carbonyl (C=O) groups is 1. The Morgan fingerprint density at radius 1 is 0.903 bits per heavy atom. The molecule has 0 fully saturated rings. The van der Waals surface area contributed by atoms with Gasteiger partial charge in [0.15, 0.2) is 5.82 Å². The lowest BCUT2D eigenvalue weighted by atomic mass is 10.1. The zero-order valence-corrected chi connectivity index (χ0v) is 18.9. The number of carbonyl (C=O) groups excluding carboxylic acids is 1. The van der Waals surface area contributed by atoms with Crippen molar-refractivity contribution >= 4 is 40.0 Å². The number of rotatable bonds is 6. The number of hydrogen-bond acceptors (Lipinski definition) is 4. The summed E-state index contributed by atoms with van der Waals surface area (Å²) in [6, 6.07) is 25.4. The van der Waals surface area contributed by atoms with E-state index in [0.29, 0.717) is 17.9 Å². The fourth-order valence-corrected chi connectivity index (χ4v) is 3.56. The van der Waals surface area contributed by atoms with Crippen LogP contribution in [0.1, 0.15) is 16.8 Å². The highest BCUT2D eigenvalue weighted by atomic mass is 127. The van der Waals surface area contributed by atoms with Gasteiger partial charge in [-0.15, -0.1) is 0 Å². The maximum absolute atomic E-state index is 12.7. The minimum Gasteiger partial charge on any atom is -0.399 e. The van der Waals surface area contributed by atoms with E-state index in [1.54, 1.807) is 6.20 Å². The molecule has 0 aliphatic carbocycles. The normalized spacial score (nSPS) is 10.6. The van der Waals surface area contributed by atoms with E-state index < -0.39 is 0 Å². The maximum atomic E-state index is 12.7. The molecule has 0 saturated heterocycles. The Morgan fingerprint density at radius 3 is 2.32 bits per heavy atom. The smallest absolute Gasteiger partial charge is 0.229 e. The third kappa shape index (κ3) is 5.67. The standard InChI is InChI=1S/C25H21IN4O/c26-20-10-6-18(7-11-20)15-24(31)30-25-22(14-17-4-2-1-3-5-17)29-23(16-28-25)19-8-12-21(27)13-9-19/h1-13,16H,14-15,27H2,(H,28,30,31). The zero-order valence-electron chi connectivity index (χ0n) is 16.8. The Bertz CT molecular complexity index is 1180. The van der Waals surface area contributed by atoms with E-state index >= 15 is 0 Å². The Morgan fingerprint density at radius 2 is 1.61 bits per heavy atom. The van der Waals surface area contributed by atoms with Gasteiger partial charge < -0.3 is 11.1 Å². The van der Waals surface area contributed by atoms with Gasteiger partial charge in [-0.05, 0) is 58.0 Å². The Kier molecular flexibility index (Phi) is 6.57. The van der Waals surface area contributed by atoms with Crippen molar-refractivity contribution < 1.29 is 4.79 Å². The van der Waals surface area contributed by atoms with Crippen LogP contribution < -0.4 is 11.1 Å². The number of benzene rings is 3. The van der Waals surface area contributed by atoms with Gasteiger partial charge in [0.2, 0.25) is 5.91 Å². The number of aromatic nitrogens is 2. The second-order valence-electron chi connectivity index (χ2n) is 7.19. The number of nitrogens with one attached hydrogen (secondary N) is 1. The van der Waals surface area contributed by atoms with Crippen molar-refractivity contribution in [3.05, 3.63) is 105 Å². The highest BCUT2D eigenvalue weighted by molar-refractivity contribution is 14.1. The third-order valence-electron chi connectivity index (χ3n) is 4.80. The highest BCUT2D eigenvalue weighted by Gasteiger charge is 2.13. The van der Waals surface area contributed by atoms with Crippen molar-refractivity contribution in [2.24, 2.45) is 0 Å². The second-order valence-corrected chi connectivity index (χ2v) is 8.43. The van der Waals surface area contributed by atoms with Crippen LogP contribution in [0, 0.1) is 3.57 Å². The zero-order chi connectivity index (χ0) is 21.6. The molecule has 0 saturated carbocycles. The van der Waals surface area contributed by atoms with Crippen LogP contribution in [-0.2, 0) is 17.6 Å². The van der Waals surface area contributed by atoms with Crippen molar-refractivity contribution in [1.82, 2.24) is 9.97 Å². The SMILES string of the molecule is Nc1ccc(-c2cnc(NC(=O)Cc3ccc(I)cc3)c(Cc3ccccc3)n2)cc1. The summed E-state index contributed by atoms with van der Waals surface area (Å²) >= 11 is 2.25. The summed E-state index contributed by atoms with van der Waals surface area (Å²) in [7, 11) is 0. The summed E-state index contributed by atoms with van der Waals surface area (Å²) in [5, 5.41) is 2.95. The van der Waals surface area contributed by atoms with E-state index in [2.05, 4.69) is 32.9 Å². The first-order valence-corrected chi connectivity index (χ1v) is 10.9. The molecule has 0 spiro atoms. The summed E-state index contributed by atoms with van der Waals surface area (Å²) in [5.74, 6) is 0.364. The summed E-state index contributed by atoms with van der Waals surface area (Å²) in [5.41, 5.74) is 10.9. The van der Waals surface area contributed by atoms with Gasteiger partial charge in [-0.25, -0.2) is 9.97 Å². The average molecular weight is 520 g/mol. The van der Waals surface area contributed by atoms with E-state index in [0.717, 1.165) is 31.6 Å². The van der Waals surface area contributed by atoms with E-state index in [9.17, 15) is 4.79 Å². The molecule has 31 heavy (non-hydrogen) atoms. The monoisotopic (exact) mass is 520 g/mol. The van der Waals surface area contributed by atoms with Crippen LogP contribution in [0.3, 0.4) is 0 Å². The fourth-order valence-electron chi connectivity index (χ4n) is 3.20. The fraction of sp³-hybridized carbons (Fsp3) is 0.0800. The molecular formula is C25H21IN4O. The lowest BCUT2D eigenvalue weighted by Gasteiger charge is -2.12. The van der Waals surface area contributed by atoms with E-state index in [1.165, 1.54) is 0 Å². The second kappa shape index (κ2) is 9.70. The first-order valence-electron chi connectivity index (χ1n) is 9.87. The van der Waals surface area contributed by atoms with Crippen LogP contribution in [-0.4, -0.2) is 15.9 Å². The minimum absolute atomic E-state index is 0.120. The Balaban J connectivity index is 1.61. The average Bonchev–Trinajstić information content (AvgIpc) is 2.78. The molecule has 0 bridgehead atoms. The summed E-state index contributed by atoms with van der Waals surface area (Å²) < 4.78 is 1.14. The predicted molar refractivity (Wildman–Crippen MR) is 133 cm³/mol. The predicted octanol–water partition coefficient (Wildman–Crippen LogP) is 5.10. The number of amides is 1. The van der Waals surface area contributed by atoms with Crippen molar-refractivity contribution in [1.29, 1.82) is 0 Å². The molecule has 3 N–H and O–H groups in total. The van der Waals surface area contributed by atoms with Crippen LogP contribution >= 0.6 is 22.6 Å². The molecule has 0 aliphatic heterocycles. The van der Waals surface area contributed by atoms with Gasteiger partial charge in [0.25, 0.3) is 0 Å². The van der Waals surface area contributed by atoms with Crippen molar-refractivity contribution in [3.63, 3.8) is 0 Å². The van der Waals surface area contributed by atoms with Gasteiger partial charge >= 0.3 is 0 Å². The molecule has 5 nitrogen and oxygen atoms in total. The minimum atomic E-state index is -0.120. The highest BCUT2D eigenvalue weighted by Crippen LogP contribution is 2.23. The molecule has 0 radical (unpaired) electrons. The molecule has 0 atom stereocenters. The lowest BCUT2D eigenvalue weighted by molar-refractivity contribution is -0.115. The van der Waals surface area contributed by atoms with Crippen molar-refractivity contribution in [3.8, 4) is 11.3 Å². The molecule has 1 amide bonds. The molecular weight excluding hydrogens is 499 g/mol. The number of nitrogen functional groups attached to an aromatic ring is 1. The molecule has 0 aliphatic rings. The topological polar surface area (TPSA) is 80.9 Å². The van der Waals surface area contributed by atoms with E-state index in [-0.39, 0.29) is 12.3 Å².